The van der Waals surface area contributed by atoms with E-state index in [4.69, 9.17) is 0 Å². The zero-order valence-corrected chi connectivity index (χ0v) is 17.9. The van der Waals surface area contributed by atoms with Crippen LogP contribution >= 0.6 is 0 Å². The van der Waals surface area contributed by atoms with Crippen molar-refractivity contribution in [2.24, 2.45) is 0 Å². The summed E-state index contributed by atoms with van der Waals surface area (Å²) in [4.78, 5) is 0. The van der Waals surface area contributed by atoms with E-state index in [1.54, 1.807) is 24.3 Å². The molecule has 4 aromatic carbocycles. The topological polar surface area (TPSA) is 0 Å². The maximum Gasteiger partial charge on any atom is 0.166 e. The van der Waals surface area contributed by atoms with Crippen molar-refractivity contribution in [1.82, 2.24) is 0 Å². The van der Waals surface area contributed by atoms with Crippen LogP contribution in [-0.4, -0.2) is 0 Å². The summed E-state index contributed by atoms with van der Waals surface area (Å²) in [6.07, 6.45) is 3.52. The number of hydrogen-bond donors (Lipinski definition) is 0. The number of rotatable bonds is 3. The summed E-state index contributed by atoms with van der Waals surface area (Å²) in [6.45, 7) is 2.20. The molecule has 4 rings (SSSR count). The van der Waals surface area contributed by atoms with Gasteiger partial charge in [0.25, 0.3) is 0 Å². The maximum atomic E-state index is 13.8. The van der Waals surface area contributed by atoms with E-state index >= 15 is 0 Å². The van der Waals surface area contributed by atoms with Gasteiger partial charge in [0.1, 0.15) is 0 Å². The average molecular weight is 421 g/mol. The molecule has 0 aromatic heterocycles. The first-order valence-corrected chi connectivity index (χ1v) is 10.7. The van der Waals surface area contributed by atoms with Gasteiger partial charge in [-0.05, 0) is 78.4 Å². The number of fused-ring (bicyclic) bond motifs is 1. The molecule has 0 unspecified atom stereocenters. The average Bonchev–Trinajstić information content (AvgIpc) is 2.84. The van der Waals surface area contributed by atoms with Crippen LogP contribution in [0.25, 0.3) is 10.8 Å². The van der Waals surface area contributed by atoms with Crippen LogP contribution < -0.4 is 0 Å². The molecule has 156 valence electrons. The number of hydrogen-bond acceptors (Lipinski definition) is 0. The molecule has 32 heavy (non-hydrogen) atoms. The highest BCUT2D eigenvalue weighted by molar-refractivity contribution is 5.84. The van der Waals surface area contributed by atoms with E-state index in [2.05, 4.69) is 54.9 Å². The van der Waals surface area contributed by atoms with Crippen molar-refractivity contribution in [2.45, 2.75) is 26.2 Å². The van der Waals surface area contributed by atoms with Crippen molar-refractivity contribution < 1.29 is 8.78 Å². The molecule has 0 aliphatic carbocycles. The van der Waals surface area contributed by atoms with Crippen LogP contribution in [0.2, 0.25) is 0 Å². The highest BCUT2D eigenvalue weighted by Gasteiger charge is 2.06. The van der Waals surface area contributed by atoms with Gasteiger partial charge in [-0.15, -0.1) is 0 Å². The Morgan fingerprint density at radius 3 is 1.75 bits per heavy atom. The Morgan fingerprint density at radius 1 is 0.625 bits per heavy atom. The molecule has 0 saturated heterocycles. The zero-order valence-electron chi connectivity index (χ0n) is 17.9. The molecular weight excluding hydrogens is 398 g/mol. The number of aryl methyl sites for hydroxylation is 1. The first-order chi connectivity index (χ1) is 15.6. The molecule has 0 nitrogen and oxygen atoms in total. The molecule has 0 aliphatic heterocycles. The number of halogens is 2. The molecule has 0 heterocycles. The largest absolute Gasteiger partial charge is 0.204 e. The molecule has 0 saturated carbocycles. The molecule has 0 radical (unpaired) electrons. The van der Waals surface area contributed by atoms with Crippen molar-refractivity contribution in [3.63, 3.8) is 0 Å². The molecule has 4 aromatic rings. The fourth-order valence-corrected chi connectivity index (χ4v) is 3.40. The van der Waals surface area contributed by atoms with Crippen molar-refractivity contribution in [3.8, 4) is 23.7 Å². The summed E-state index contributed by atoms with van der Waals surface area (Å²) in [7, 11) is 0. The maximum absolute atomic E-state index is 13.8. The predicted molar refractivity (Wildman–Crippen MR) is 127 cm³/mol. The van der Waals surface area contributed by atoms with Crippen LogP contribution in [0.1, 0.15) is 47.6 Å². The van der Waals surface area contributed by atoms with Gasteiger partial charge in [-0.1, -0.05) is 61.3 Å². The summed E-state index contributed by atoms with van der Waals surface area (Å²) < 4.78 is 27.2. The van der Waals surface area contributed by atoms with Gasteiger partial charge < -0.3 is 0 Å². The highest BCUT2D eigenvalue weighted by atomic mass is 19.2. The van der Waals surface area contributed by atoms with E-state index in [-0.39, 0.29) is 5.39 Å². The van der Waals surface area contributed by atoms with Crippen LogP contribution in [0, 0.1) is 35.3 Å². The summed E-state index contributed by atoms with van der Waals surface area (Å²) in [6, 6.07) is 23.9. The lowest BCUT2D eigenvalue weighted by Crippen LogP contribution is -1.86. The first-order valence-electron chi connectivity index (χ1n) is 10.7. The smallest absolute Gasteiger partial charge is 0.166 e. The lowest BCUT2D eigenvalue weighted by molar-refractivity contribution is 0.517. The number of benzene rings is 4. The molecule has 0 amide bonds. The van der Waals surface area contributed by atoms with Crippen LogP contribution in [0.3, 0.4) is 0 Å². The molecular formula is C30H22F2. The van der Waals surface area contributed by atoms with E-state index < -0.39 is 11.6 Å². The lowest BCUT2D eigenvalue weighted by atomic mass is 10.1. The van der Waals surface area contributed by atoms with E-state index in [1.807, 2.05) is 24.3 Å². The second kappa shape index (κ2) is 9.95. The molecule has 0 fully saturated rings. The third kappa shape index (κ3) is 5.23. The summed E-state index contributed by atoms with van der Waals surface area (Å²) >= 11 is 0. The Hall–Kier alpha value is -3.88. The van der Waals surface area contributed by atoms with Gasteiger partial charge in [0, 0.05) is 27.6 Å². The van der Waals surface area contributed by atoms with Crippen molar-refractivity contribution >= 4 is 10.8 Å². The van der Waals surface area contributed by atoms with Gasteiger partial charge >= 0.3 is 0 Å². The molecule has 0 spiro atoms. The normalized spacial score (nSPS) is 10.2. The second-order valence-corrected chi connectivity index (χ2v) is 7.68. The third-order valence-electron chi connectivity index (χ3n) is 5.27. The van der Waals surface area contributed by atoms with E-state index in [1.165, 1.54) is 18.4 Å². The molecule has 0 bridgehead atoms. The van der Waals surface area contributed by atoms with Crippen molar-refractivity contribution in [3.05, 3.63) is 118 Å². The molecule has 0 N–H and O–H groups in total. The monoisotopic (exact) mass is 420 g/mol. The van der Waals surface area contributed by atoms with Crippen LogP contribution in [0.4, 0.5) is 8.78 Å². The Bertz CT molecular complexity index is 1360. The van der Waals surface area contributed by atoms with Gasteiger partial charge in [-0.2, -0.15) is 0 Å². The minimum Gasteiger partial charge on any atom is -0.204 e. The quantitative estimate of drug-likeness (QED) is 0.306. The van der Waals surface area contributed by atoms with Gasteiger partial charge in [-0.25, -0.2) is 8.78 Å². The van der Waals surface area contributed by atoms with Gasteiger partial charge in [0.05, 0.1) is 0 Å². The van der Waals surface area contributed by atoms with Gasteiger partial charge in [-0.3, -0.25) is 0 Å². The van der Waals surface area contributed by atoms with Crippen LogP contribution in [-0.2, 0) is 6.42 Å². The zero-order chi connectivity index (χ0) is 22.3. The third-order valence-corrected chi connectivity index (χ3v) is 5.27. The lowest BCUT2D eigenvalue weighted by Gasteiger charge is -2.01. The molecule has 2 heteroatoms. The number of unbranched alkanes of at least 4 members (excludes halogenated alkanes) is 1. The fourth-order valence-electron chi connectivity index (χ4n) is 3.40. The van der Waals surface area contributed by atoms with E-state index in [0.717, 1.165) is 34.7 Å². The summed E-state index contributed by atoms with van der Waals surface area (Å²) in [5, 5.41) is 0.883. The molecule has 0 aliphatic rings. The second-order valence-electron chi connectivity index (χ2n) is 7.68. The fraction of sp³-hybridized carbons (Fsp3) is 0.133. The van der Waals surface area contributed by atoms with E-state index in [0.29, 0.717) is 5.39 Å². The Balaban J connectivity index is 1.45. The van der Waals surface area contributed by atoms with Crippen LogP contribution in [0.5, 0.6) is 0 Å². The van der Waals surface area contributed by atoms with Crippen molar-refractivity contribution in [2.75, 3.05) is 0 Å². The highest BCUT2D eigenvalue weighted by Crippen LogP contribution is 2.21. The minimum atomic E-state index is -0.844. The van der Waals surface area contributed by atoms with Gasteiger partial charge in [0.15, 0.2) is 11.6 Å². The SMILES string of the molecule is CCCCc1ccc(C#Cc2ccc(C#Cc3ccc4c(F)c(F)ccc4c3)cc2)cc1. The van der Waals surface area contributed by atoms with Gasteiger partial charge in [0.2, 0.25) is 0 Å². The standard InChI is InChI=1S/C30H22F2/c1-2-3-4-22-5-7-23(8-6-22)9-10-24-11-13-25(14-12-24)15-16-26-17-19-28-27(21-26)18-20-29(31)30(28)32/h5-8,11-14,17-21H,2-4H2,1H3. The molecule has 0 atom stereocenters. The minimum absolute atomic E-state index is 0.258. The van der Waals surface area contributed by atoms with Crippen LogP contribution in [0.15, 0.2) is 78.9 Å². The summed E-state index contributed by atoms with van der Waals surface area (Å²) in [5.74, 6) is 10.9. The van der Waals surface area contributed by atoms with E-state index in [9.17, 15) is 8.78 Å². The first kappa shape index (κ1) is 21.4. The van der Waals surface area contributed by atoms with Crippen molar-refractivity contribution in [1.29, 1.82) is 0 Å². The Kier molecular flexibility index (Phi) is 6.64. The summed E-state index contributed by atoms with van der Waals surface area (Å²) in [5.41, 5.74) is 4.88. The predicted octanol–water partition coefficient (Wildman–Crippen LogP) is 7.26. The Morgan fingerprint density at radius 2 is 1.16 bits per heavy atom. The Labute approximate surface area is 187 Å².